The SMILES string of the molecule is CCCCCCCCCCCN1C=CN(c2ccccc2Br)C1. The van der Waals surface area contributed by atoms with Crippen LogP contribution in [0.1, 0.15) is 64.7 Å². The van der Waals surface area contributed by atoms with E-state index in [-0.39, 0.29) is 0 Å². The summed E-state index contributed by atoms with van der Waals surface area (Å²) in [6, 6.07) is 8.42. The van der Waals surface area contributed by atoms with Crippen molar-refractivity contribution >= 4 is 21.6 Å². The first kappa shape index (κ1) is 18.4. The van der Waals surface area contributed by atoms with E-state index in [1.165, 1.54) is 70.0 Å². The molecule has 0 bridgehead atoms. The first-order chi connectivity index (χ1) is 11.3. The van der Waals surface area contributed by atoms with Crippen LogP contribution in [0.3, 0.4) is 0 Å². The molecule has 1 heterocycles. The summed E-state index contributed by atoms with van der Waals surface area (Å²) in [5.41, 5.74) is 1.25. The van der Waals surface area contributed by atoms with E-state index in [0.29, 0.717) is 0 Å². The fourth-order valence-corrected chi connectivity index (χ4v) is 3.59. The summed E-state index contributed by atoms with van der Waals surface area (Å²) in [6.07, 6.45) is 17.0. The van der Waals surface area contributed by atoms with Crippen LogP contribution in [0.15, 0.2) is 41.1 Å². The Morgan fingerprint density at radius 2 is 1.52 bits per heavy atom. The first-order valence-electron chi connectivity index (χ1n) is 9.25. The van der Waals surface area contributed by atoms with Gasteiger partial charge in [-0.05, 0) is 34.5 Å². The summed E-state index contributed by atoms with van der Waals surface area (Å²) in [5.74, 6) is 0. The molecule has 2 nitrogen and oxygen atoms in total. The lowest BCUT2D eigenvalue weighted by Crippen LogP contribution is -2.25. The average molecular weight is 379 g/mol. The Labute approximate surface area is 150 Å². The number of anilines is 1. The third-order valence-electron chi connectivity index (χ3n) is 4.50. The minimum absolute atomic E-state index is 0.972. The van der Waals surface area contributed by atoms with Gasteiger partial charge in [-0.1, -0.05) is 70.4 Å². The van der Waals surface area contributed by atoms with Crippen LogP contribution in [0.5, 0.6) is 0 Å². The van der Waals surface area contributed by atoms with Crippen LogP contribution in [0.25, 0.3) is 0 Å². The minimum atomic E-state index is 0.972. The molecule has 3 heteroatoms. The molecular weight excluding hydrogens is 348 g/mol. The monoisotopic (exact) mass is 378 g/mol. The molecular formula is C20H31BrN2. The van der Waals surface area contributed by atoms with Crippen molar-refractivity contribution < 1.29 is 0 Å². The van der Waals surface area contributed by atoms with Crippen molar-refractivity contribution in [1.82, 2.24) is 4.90 Å². The van der Waals surface area contributed by atoms with Gasteiger partial charge in [0, 0.05) is 23.4 Å². The highest BCUT2D eigenvalue weighted by atomic mass is 79.9. The Morgan fingerprint density at radius 3 is 2.22 bits per heavy atom. The molecule has 1 aromatic rings. The summed E-state index contributed by atoms with van der Waals surface area (Å²) in [6.45, 7) is 4.43. The molecule has 0 saturated carbocycles. The lowest BCUT2D eigenvalue weighted by atomic mass is 10.1. The van der Waals surface area contributed by atoms with Gasteiger partial charge in [-0.2, -0.15) is 0 Å². The summed E-state index contributed by atoms with van der Waals surface area (Å²) in [5, 5.41) is 0. The van der Waals surface area contributed by atoms with Gasteiger partial charge in [0.05, 0.1) is 12.4 Å². The van der Waals surface area contributed by atoms with Gasteiger partial charge in [0.25, 0.3) is 0 Å². The molecule has 0 saturated heterocycles. The lowest BCUT2D eigenvalue weighted by Gasteiger charge is -2.22. The topological polar surface area (TPSA) is 6.48 Å². The van der Waals surface area contributed by atoms with Crippen LogP contribution in [0.2, 0.25) is 0 Å². The van der Waals surface area contributed by atoms with E-state index in [0.717, 1.165) is 11.1 Å². The van der Waals surface area contributed by atoms with E-state index in [2.05, 4.69) is 69.3 Å². The molecule has 23 heavy (non-hydrogen) atoms. The molecule has 0 spiro atoms. The molecule has 0 aromatic heterocycles. The number of rotatable bonds is 11. The smallest absolute Gasteiger partial charge is 0.0942 e. The second-order valence-corrected chi connectivity index (χ2v) is 7.36. The van der Waals surface area contributed by atoms with Crippen LogP contribution >= 0.6 is 15.9 Å². The van der Waals surface area contributed by atoms with Crippen molar-refractivity contribution in [3.05, 3.63) is 41.1 Å². The van der Waals surface area contributed by atoms with E-state index in [1.807, 2.05) is 0 Å². The van der Waals surface area contributed by atoms with Gasteiger partial charge in [-0.25, -0.2) is 0 Å². The highest BCUT2D eigenvalue weighted by Gasteiger charge is 2.14. The van der Waals surface area contributed by atoms with Gasteiger partial charge >= 0.3 is 0 Å². The van der Waals surface area contributed by atoms with E-state index in [1.54, 1.807) is 0 Å². The predicted octanol–water partition coefficient (Wildman–Crippen LogP) is 6.53. The molecule has 0 amide bonds. The van der Waals surface area contributed by atoms with Gasteiger partial charge < -0.3 is 9.80 Å². The van der Waals surface area contributed by atoms with E-state index >= 15 is 0 Å². The number of hydrogen-bond donors (Lipinski definition) is 0. The van der Waals surface area contributed by atoms with Gasteiger partial charge in [0.1, 0.15) is 0 Å². The molecule has 2 rings (SSSR count). The highest BCUT2D eigenvalue weighted by Crippen LogP contribution is 2.28. The highest BCUT2D eigenvalue weighted by molar-refractivity contribution is 9.10. The fourth-order valence-electron chi connectivity index (χ4n) is 3.08. The number of para-hydroxylation sites is 1. The number of hydrogen-bond acceptors (Lipinski definition) is 2. The van der Waals surface area contributed by atoms with Crippen LogP contribution < -0.4 is 4.90 Å². The Kier molecular flexibility index (Phi) is 8.59. The number of benzene rings is 1. The molecule has 0 N–H and O–H groups in total. The maximum absolute atomic E-state index is 3.64. The van der Waals surface area contributed by atoms with Crippen LogP contribution in [-0.4, -0.2) is 18.1 Å². The summed E-state index contributed by atoms with van der Waals surface area (Å²) < 4.78 is 1.16. The maximum atomic E-state index is 3.64. The second-order valence-electron chi connectivity index (χ2n) is 6.50. The molecule has 0 unspecified atom stereocenters. The van der Waals surface area contributed by atoms with E-state index in [9.17, 15) is 0 Å². The van der Waals surface area contributed by atoms with Gasteiger partial charge in [-0.3, -0.25) is 0 Å². The molecule has 0 aliphatic carbocycles. The Balaban J connectivity index is 1.53. The third kappa shape index (κ3) is 6.58. The van der Waals surface area contributed by atoms with Gasteiger partial charge in [0.15, 0.2) is 0 Å². The lowest BCUT2D eigenvalue weighted by molar-refractivity contribution is 0.388. The zero-order valence-electron chi connectivity index (χ0n) is 14.5. The Hall–Kier alpha value is -0.960. The maximum Gasteiger partial charge on any atom is 0.0942 e. The van der Waals surface area contributed by atoms with E-state index in [4.69, 9.17) is 0 Å². The summed E-state index contributed by atoms with van der Waals surface area (Å²) >= 11 is 3.64. The molecule has 0 fully saturated rings. The molecule has 0 radical (unpaired) electrons. The average Bonchev–Trinajstić information content (AvgIpc) is 3.02. The largest absolute Gasteiger partial charge is 0.358 e. The summed E-state index contributed by atoms with van der Waals surface area (Å²) in [4.78, 5) is 4.72. The molecule has 0 atom stereocenters. The molecule has 128 valence electrons. The number of nitrogens with zero attached hydrogens (tertiary/aromatic N) is 2. The normalized spacial score (nSPS) is 14.0. The second kappa shape index (κ2) is 10.7. The molecule has 1 aromatic carbocycles. The van der Waals surface area contributed by atoms with Crippen molar-refractivity contribution in [3.8, 4) is 0 Å². The molecule has 1 aliphatic rings. The Morgan fingerprint density at radius 1 is 0.870 bits per heavy atom. The predicted molar refractivity (Wildman–Crippen MR) is 105 cm³/mol. The van der Waals surface area contributed by atoms with Crippen LogP contribution in [0, 0.1) is 0 Å². The Bertz CT molecular complexity index is 472. The van der Waals surface area contributed by atoms with Crippen molar-refractivity contribution in [1.29, 1.82) is 0 Å². The van der Waals surface area contributed by atoms with Crippen molar-refractivity contribution in [2.24, 2.45) is 0 Å². The quantitative estimate of drug-likeness (QED) is 0.403. The number of unbranched alkanes of at least 4 members (excludes halogenated alkanes) is 8. The zero-order chi connectivity index (χ0) is 16.3. The fraction of sp³-hybridized carbons (Fsp3) is 0.600. The van der Waals surface area contributed by atoms with Gasteiger partial charge in [-0.15, -0.1) is 0 Å². The van der Waals surface area contributed by atoms with Gasteiger partial charge in [0.2, 0.25) is 0 Å². The molecule has 1 aliphatic heterocycles. The standard InChI is InChI=1S/C20H31BrN2/c1-2-3-4-5-6-7-8-9-12-15-22-16-17-23(18-22)20-14-11-10-13-19(20)21/h10-11,13-14,16-17H,2-9,12,15,18H2,1H3. The van der Waals surface area contributed by atoms with Crippen molar-refractivity contribution in [2.75, 3.05) is 18.1 Å². The number of halogens is 1. The van der Waals surface area contributed by atoms with Crippen LogP contribution in [0.4, 0.5) is 5.69 Å². The summed E-state index contributed by atoms with van der Waals surface area (Å²) in [7, 11) is 0. The van der Waals surface area contributed by atoms with E-state index < -0.39 is 0 Å². The van der Waals surface area contributed by atoms with Crippen LogP contribution in [-0.2, 0) is 0 Å². The minimum Gasteiger partial charge on any atom is -0.358 e. The zero-order valence-corrected chi connectivity index (χ0v) is 16.1. The first-order valence-corrected chi connectivity index (χ1v) is 10.0. The van der Waals surface area contributed by atoms with Crippen molar-refractivity contribution in [2.45, 2.75) is 64.7 Å². The van der Waals surface area contributed by atoms with Crippen molar-refractivity contribution in [3.63, 3.8) is 0 Å². The third-order valence-corrected chi connectivity index (χ3v) is 5.17.